The van der Waals surface area contributed by atoms with Gasteiger partial charge >= 0.3 is 0 Å². The van der Waals surface area contributed by atoms with E-state index in [4.69, 9.17) is 11.6 Å². The fourth-order valence-electron chi connectivity index (χ4n) is 2.77. The normalized spacial score (nSPS) is 16.6. The molecule has 1 aliphatic heterocycles. The van der Waals surface area contributed by atoms with Crippen molar-refractivity contribution >= 4 is 40.7 Å². The van der Waals surface area contributed by atoms with Gasteiger partial charge in [-0.2, -0.15) is 4.99 Å². The van der Waals surface area contributed by atoms with E-state index >= 15 is 0 Å². The molecule has 0 spiro atoms. The second kappa shape index (κ2) is 6.59. The Balaban J connectivity index is 2.39. The van der Waals surface area contributed by atoms with Gasteiger partial charge in [0.15, 0.2) is 0 Å². The minimum Gasteiger partial charge on any atom is -0.313 e. The van der Waals surface area contributed by atoms with Crippen molar-refractivity contribution in [3.8, 4) is 0 Å². The Morgan fingerprint density at radius 1 is 1.28 bits per heavy atom. The van der Waals surface area contributed by atoms with Gasteiger partial charge in [0.2, 0.25) is 6.08 Å². The van der Waals surface area contributed by atoms with Crippen LogP contribution in [0.3, 0.4) is 0 Å². The van der Waals surface area contributed by atoms with Crippen molar-refractivity contribution in [3.05, 3.63) is 58.4 Å². The average Bonchev–Trinajstić information content (AvgIpc) is 2.69. The van der Waals surface area contributed by atoms with Crippen LogP contribution in [0, 0.1) is 5.82 Å². The topological polar surface area (TPSA) is 62.1 Å². The Labute approximate surface area is 148 Å². The number of amides is 1. The highest BCUT2D eigenvalue weighted by Crippen LogP contribution is 2.39. The summed E-state index contributed by atoms with van der Waals surface area (Å²) in [6, 6.07) is 8.48. The molecule has 2 aromatic rings. The molecule has 0 saturated carbocycles. The maximum absolute atomic E-state index is 14.4. The summed E-state index contributed by atoms with van der Waals surface area (Å²) in [6.07, 6.45) is 1.44. The number of carbonyl (C=O) groups excluding carboxylic acids is 2. The molecule has 1 heterocycles. The van der Waals surface area contributed by atoms with Gasteiger partial charge in [0.1, 0.15) is 11.9 Å². The van der Waals surface area contributed by atoms with Gasteiger partial charge in [-0.3, -0.25) is 9.79 Å². The number of carbonyl (C=O) groups is 1. The van der Waals surface area contributed by atoms with Crippen LogP contribution in [0.2, 0.25) is 5.02 Å². The Morgan fingerprint density at radius 2 is 2.00 bits per heavy atom. The zero-order chi connectivity index (χ0) is 18.1. The second-order valence-electron chi connectivity index (χ2n) is 5.53. The monoisotopic (exact) mass is 357 g/mol. The molecular weight excluding hydrogens is 345 g/mol. The Morgan fingerprint density at radius 3 is 2.68 bits per heavy atom. The van der Waals surface area contributed by atoms with Gasteiger partial charge in [0.05, 0.1) is 22.1 Å². The number of aliphatic imine (C=N–C) groups is 2. The van der Waals surface area contributed by atoms with E-state index in [0.717, 1.165) is 0 Å². The molecule has 3 rings (SSSR count). The minimum atomic E-state index is -0.721. The molecule has 126 valence electrons. The van der Waals surface area contributed by atoms with Crippen LogP contribution in [0.5, 0.6) is 0 Å². The van der Waals surface area contributed by atoms with Crippen LogP contribution < -0.4 is 4.90 Å². The molecule has 1 atom stereocenters. The summed E-state index contributed by atoms with van der Waals surface area (Å²) in [4.78, 5) is 32.5. The number of benzodiazepines with no additional fused rings is 1. The Hall–Kier alpha value is -2.82. The fraction of sp³-hybridized carbons (Fsp3) is 0.167. The first kappa shape index (κ1) is 17.0. The van der Waals surface area contributed by atoms with Gasteiger partial charge in [-0.25, -0.2) is 9.18 Å². The van der Waals surface area contributed by atoms with Gasteiger partial charge in [0.25, 0.3) is 5.91 Å². The fourth-order valence-corrected chi connectivity index (χ4v) is 3.06. The molecule has 0 aromatic heterocycles. The molecule has 0 saturated heterocycles. The Kier molecular flexibility index (Phi) is 4.49. The third-order valence-corrected chi connectivity index (χ3v) is 4.39. The van der Waals surface area contributed by atoms with E-state index in [1.54, 1.807) is 38.2 Å². The van der Waals surface area contributed by atoms with Gasteiger partial charge in [0, 0.05) is 18.2 Å². The number of anilines is 1. The molecular formula is C18H13ClFN3O2. The summed E-state index contributed by atoms with van der Waals surface area (Å²) < 4.78 is 14.4. The minimum absolute atomic E-state index is 0.108. The highest BCUT2D eigenvalue weighted by molar-refractivity contribution is 6.39. The smallest absolute Gasteiger partial charge is 0.251 e. The van der Waals surface area contributed by atoms with Gasteiger partial charge in [-0.05, 0) is 31.2 Å². The van der Waals surface area contributed by atoms with Crippen molar-refractivity contribution in [2.24, 2.45) is 9.98 Å². The van der Waals surface area contributed by atoms with Crippen molar-refractivity contribution in [3.63, 3.8) is 0 Å². The van der Waals surface area contributed by atoms with Gasteiger partial charge in [-0.1, -0.05) is 23.7 Å². The number of hydrogen-bond donors (Lipinski definition) is 0. The lowest BCUT2D eigenvalue weighted by Gasteiger charge is -2.20. The summed E-state index contributed by atoms with van der Waals surface area (Å²) >= 11 is 6.42. The molecule has 1 aliphatic rings. The molecule has 0 bridgehead atoms. The van der Waals surface area contributed by atoms with Crippen molar-refractivity contribution in [2.45, 2.75) is 13.0 Å². The average molecular weight is 358 g/mol. The van der Waals surface area contributed by atoms with Crippen LogP contribution in [-0.4, -0.2) is 30.8 Å². The van der Waals surface area contributed by atoms with E-state index in [1.807, 2.05) is 0 Å². The number of halogens is 2. The van der Waals surface area contributed by atoms with Crippen LogP contribution >= 0.6 is 11.6 Å². The SMILES string of the molecule is C[C@@H]1N=C(c2ccccc2F)c2c(ccc(N=C=O)c2Cl)N(C)C1=O. The van der Waals surface area contributed by atoms with Crippen LogP contribution in [0.15, 0.2) is 46.4 Å². The largest absolute Gasteiger partial charge is 0.313 e. The first-order valence-corrected chi connectivity index (χ1v) is 7.84. The number of hydrogen-bond acceptors (Lipinski definition) is 4. The molecule has 1 amide bonds. The van der Waals surface area contributed by atoms with Crippen LogP contribution in [0.4, 0.5) is 15.8 Å². The zero-order valence-corrected chi connectivity index (χ0v) is 14.2. The summed E-state index contributed by atoms with van der Waals surface area (Å²) in [5.41, 5.74) is 1.45. The Bertz CT molecular complexity index is 951. The number of nitrogens with zero attached hydrogens (tertiary/aromatic N) is 3. The molecule has 0 unspecified atom stereocenters. The highest BCUT2D eigenvalue weighted by Gasteiger charge is 2.30. The van der Waals surface area contributed by atoms with Crippen molar-refractivity contribution in [1.29, 1.82) is 0 Å². The molecule has 0 radical (unpaired) electrons. The molecule has 0 aliphatic carbocycles. The lowest BCUT2D eigenvalue weighted by molar-refractivity contribution is -0.119. The molecule has 2 aromatic carbocycles. The molecule has 0 N–H and O–H groups in total. The number of isocyanates is 1. The number of likely N-dealkylation sites (N-methyl/N-ethyl adjacent to an activating group) is 1. The first-order chi connectivity index (χ1) is 12.0. The quantitative estimate of drug-likeness (QED) is 0.608. The lowest BCUT2D eigenvalue weighted by Crippen LogP contribution is -2.32. The van der Waals surface area contributed by atoms with Crippen molar-refractivity contribution in [1.82, 2.24) is 0 Å². The van der Waals surface area contributed by atoms with Crippen molar-refractivity contribution < 1.29 is 14.0 Å². The molecule has 7 heteroatoms. The number of rotatable bonds is 2. The van der Waals surface area contributed by atoms with E-state index in [1.165, 1.54) is 23.1 Å². The van der Waals surface area contributed by atoms with Gasteiger partial charge < -0.3 is 4.90 Å². The van der Waals surface area contributed by atoms with Crippen LogP contribution in [0.1, 0.15) is 18.1 Å². The van der Waals surface area contributed by atoms with Crippen molar-refractivity contribution in [2.75, 3.05) is 11.9 Å². The van der Waals surface area contributed by atoms with E-state index in [0.29, 0.717) is 11.3 Å². The highest BCUT2D eigenvalue weighted by atomic mass is 35.5. The maximum atomic E-state index is 14.4. The maximum Gasteiger partial charge on any atom is 0.251 e. The van der Waals surface area contributed by atoms with E-state index in [-0.39, 0.29) is 27.9 Å². The predicted octanol–water partition coefficient (Wildman–Crippen LogP) is 3.65. The standard InChI is InChI=1S/C18H13ClFN3O2/c1-10-18(25)23(2)14-8-7-13(21-9-24)16(19)15(14)17(22-10)11-5-3-4-6-12(11)20/h3-8,10H,1-2H3/t10-/m0/s1. The molecule has 0 fully saturated rings. The lowest BCUT2D eigenvalue weighted by atomic mass is 9.99. The first-order valence-electron chi connectivity index (χ1n) is 7.46. The number of fused-ring (bicyclic) bond motifs is 1. The number of benzene rings is 2. The molecule has 25 heavy (non-hydrogen) atoms. The summed E-state index contributed by atoms with van der Waals surface area (Å²) in [5.74, 6) is -0.743. The van der Waals surface area contributed by atoms with Gasteiger partial charge in [-0.15, -0.1) is 0 Å². The summed E-state index contributed by atoms with van der Waals surface area (Å²) in [5, 5.41) is 0.108. The third-order valence-electron chi connectivity index (χ3n) is 4.00. The van der Waals surface area contributed by atoms with Crippen LogP contribution in [0.25, 0.3) is 0 Å². The van der Waals surface area contributed by atoms with E-state index in [2.05, 4.69) is 9.98 Å². The second-order valence-corrected chi connectivity index (χ2v) is 5.90. The predicted molar refractivity (Wildman–Crippen MR) is 94.1 cm³/mol. The van der Waals surface area contributed by atoms with Crippen LogP contribution in [-0.2, 0) is 9.59 Å². The van der Waals surface area contributed by atoms with E-state index < -0.39 is 11.9 Å². The summed E-state index contributed by atoms with van der Waals surface area (Å²) in [7, 11) is 1.59. The van der Waals surface area contributed by atoms with E-state index in [9.17, 15) is 14.0 Å². The summed E-state index contributed by atoms with van der Waals surface area (Å²) in [6.45, 7) is 1.63. The molecule has 5 nitrogen and oxygen atoms in total. The third kappa shape index (κ3) is 2.86. The zero-order valence-electron chi connectivity index (χ0n) is 13.5.